The number of carbonyl (C=O) groups is 2. The average Bonchev–Trinajstić information content (AvgIpc) is 2.63. The zero-order valence-electron chi connectivity index (χ0n) is 9.01. The summed E-state index contributed by atoms with van der Waals surface area (Å²) in [5.41, 5.74) is 0. The third kappa shape index (κ3) is 5.91. The van der Waals surface area contributed by atoms with Crippen LogP contribution >= 0.6 is 43.2 Å². The van der Waals surface area contributed by atoms with E-state index in [1.165, 1.54) is 6.07 Å². The first-order chi connectivity index (χ1) is 8.69. The van der Waals surface area contributed by atoms with E-state index in [0.29, 0.717) is 8.26 Å². The van der Waals surface area contributed by atoms with Gasteiger partial charge in [0.1, 0.15) is 11.4 Å². The Hall–Kier alpha value is -0.610. The maximum Gasteiger partial charge on any atom is 0.405 e. The summed E-state index contributed by atoms with van der Waals surface area (Å²) in [6.07, 6.45) is -4.50. The smallest absolute Gasteiger partial charge is 0.405 e. The Morgan fingerprint density at radius 1 is 1.37 bits per heavy atom. The minimum absolute atomic E-state index is 0.224. The summed E-state index contributed by atoms with van der Waals surface area (Å²) < 4.78 is 41.3. The zero-order chi connectivity index (χ0) is 14.6. The van der Waals surface area contributed by atoms with Gasteiger partial charge in [0.15, 0.2) is 6.61 Å². The molecule has 0 aliphatic rings. The quantitative estimate of drug-likeness (QED) is 0.755. The number of hydrogen-bond acceptors (Lipinski definition) is 4. The van der Waals surface area contributed by atoms with Crippen LogP contribution in [0, 0.1) is 0 Å². The molecule has 0 aliphatic heterocycles. The number of alkyl halides is 3. The van der Waals surface area contributed by atoms with Crippen LogP contribution in [0.15, 0.2) is 14.3 Å². The highest BCUT2D eigenvalue weighted by atomic mass is 79.9. The monoisotopic (exact) mass is 423 g/mol. The summed E-state index contributed by atoms with van der Waals surface area (Å²) in [5.74, 6) is -1.79. The summed E-state index contributed by atoms with van der Waals surface area (Å²) in [4.78, 5) is 22.7. The molecule has 1 heterocycles. The second-order valence-electron chi connectivity index (χ2n) is 3.20. The third-order valence-corrected chi connectivity index (χ3v) is 4.90. The van der Waals surface area contributed by atoms with E-state index in [1.807, 2.05) is 0 Å². The Morgan fingerprint density at radius 3 is 2.47 bits per heavy atom. The Bertz CT molecular complexity index is 470. The lowest BCUT2D eigenvalue weighted by atomic mass is 10.5. The lowest BCUT2D eigenvalue weighted by molar-refractivity contribution is -0.140. The number of carbonyl (C=O) groups excluding carboxylic acids is 2. The topological polar surface area (TPSA) is 55.4 Å². The number of ether oxygens (including phenoxy) is 1. The first-order valence-corrected chi connectivity index (χ1v) is 7.04. The highest BCUT2D eigenvalue weighted by Crippen LogP contribution is 2.32. The summed E-state index contributed by atoms with van der Waals surface area (Å²) in [5, 5.41) is 1.59. The number of rotatable bonds is 4. The Morgan fingerprint density at radius 2 is 2.00 bits per heavy atom. The van der Waals surface area contributed by atoms with Crippen LogP contribution < -0.4 is 5.32 Å². The Kier molecular flexibility index (Phi) is 5.81. The van der Waals surface area contributed by atoms with Crippen LogP contribution in [0.5, 0.6) is 0 Å². The van der Waals surface area contributed by atoms with E-state index >= 15 is 0 Å². The van der Waals surface area contributed by atoms with Crippen molar-refractivity contribution in [2.24, 2.45) is 0 Å². The van der Waals surface area contributed by atoms with Gasteiger partial charge in [-0.1, -0.05) is 0 Å². The number of halogens is 5. The minimum atomic E-state index is -4.50. The van der Waals surface area contributed by atoms with Gasteiger partial charge in [-0.15, -0.1) is 11.3 Å². The van der Waals surface area contributed by atoms with Crippen LogP contribution in [0.2, 0.25) is 0 Å². The first kappa shape index (κ1) is 16.4. The van der Waals surface area contributed by atoms with E-state index in [4.69, 9.17) is 0 Å². The van der Waals surface area contributed by atoms with Crippen molar-refractivity contribution in [1.29, 1.82) is 0 Å². The normalized spacial score (nSPS) is 11.2. The molecule has 106 valence electrons. The number of nitrogens with one attached hydrogen (secondary N) is 1. The van der Waals surface area contributed by atoms with Crippen LogP contribution in [0.25, 0.3) is 0 Å². The molecule has 1 rings (SSSR count). The molecule has 0 aliphatic carbocycles. The highest BCUT2D eigenvalue weighted by Gasteiger charge is 2.27. The van der Waals surface area contributed by atoms with Crippen molar-refractivity contribution in [1.82, 2.24) is 5.32 Å². The van der Waals surface area contributed by atoms with Gasteiger partial charge in [-0.05, 0) is 37.9 Å². The summed E-state index contributed by atoms with van der Waals surface area (Å²) in [6, 6.07) is 1.48. The van der Waals surface area contributed by atoms with Crippen molar-refractivity contribution in [2.75, 3.05) is 13.2 Å². The van der Waals surface area contributed by atoms with Gasteiger partial charge >= 0.3 is 12.1 Å². The van der Waals surface area contributed by atoms with Crippen LogP contribution in [0.3, 0.4) is 0 Å². The minimum Gasteiger partial charge on any atom is -0.451 e. The van der Waals surface area contributed by atoms with E-state index in [-0.39, 0.29) is 4.88 Å². The molecular weight excluding hydrogens is 419 g/mol. The van der Waals surface area contributed by atoms with Crippen molar-refractivity contribution in [3.8, 4) is 0 Å². The van der Waals surface area contributed by atoms with Gasteiger partial charge in [-0.3, -0.25) is 4.79 Å². The number of esters is 1. The highest BCUT2D eigenvalue weighted by molar-refractivity contribution is 9.13. The molecule has 0 unspecified atom stereocenters. The molecule has 4 nitrogen and oxygen atoms in total. The molecule has 0 spiro atoms. The molecule has 19 heavy (non-hydrogen) atoms. The maximum atomic E-state index is 11.8. The summed E-state index contributed by atoms with van der Waals surface area (Å²) in [6.45, 7) is -2.22. The standard InChI is InChI=1S/C9H6Br2F3NO3S/c10-4-1-5(19-7(4)11)8(17)18-2-6(16)15-3-9(12,13)14/h1H,2-3H2,(H,15,16). The molecular formula is C9H6Br2F3NO3S. The molecule has 0 bridgehead atoms. The van der Waals surface area contributed by atoms with Gasteiger partial charge in [-0.25, -0.2) is 4.79 Å². The van der Waals surface area contributed by atoms with Gasteiger partial charge in [0.05, 0.1) is 3.79 Å². The van der Waals surface area contributed by atoms with Crippen LogP contribution in [-0.2, 0) is 9.53 Å². The maximum absolute atomic E-state index is 11.8. The lowest BCUT2D eigenvalue weighted by Crippen LogP contribution is -2.36. The van der Waals surface area contributed by atoms with Crippen molar-refractivity contribution in [3.63, 3.8) is 0 Å². The van der Waals surface area contributed by atoms with E-state index in [1.54, 1.807) is 5.32 Å². The third-order valence-electron chi connectivity index (χ3n) is 1.67. The molecule has 1 amide bonds. The van der Waals surface area contributed by atoms with Crippen molar-refractivity contribution < 1.29 is 27.5 Å². The molecule has 1 aromatic rings. The van der Waals surface area contributed by atoms with E-state index < -0.39 is 31.2 Å². The van der Waals surface area contributed by atoms with Gasteiger partial charge < -0.3 is 10.1 Å². The van der Waals surface area contributed by atoms with E-state index in [2.05, 4.69) is 36.6 Å². The van der Waals surface area contributed by atoms with Crippen molar-refractivity contribution in [2.45, 2.75) is 6.18 Å². The van der Waals surface area contributed by atoms with E-state index in [0.717, 1.165) is 11.3 Å². The predicted octanol–water partition coefficient (Wildman–Crippen LogP) is 3.11. The second-order valence-corrected chi connectivity index (χ2v) is 6.42. The molecule has 0 saturated heterocycles. The van der Waals surface area contributed by atoms with Gasteiger partial charge in [0, 0.05) is 4.47 Å². The van der Waals surface area contributed by atoms with Crippen LogP contribution in [-0.4, -0.2) is 31.2 Å². The molecule has 1 N–H and O–H groups in total. The van der Waals surface area contributed by atoms with Crippen molar-refractivity contribution in [3.05, 3.63) is 19.2 Å². The van der Waals surface area contributed by atoms with Gasteiger partial charge in [0.2, 0.25) is 0 Å². The predicted molar refractivity (Wildman–Crippen MR) is 69.1 cm³/mol. The Balaban J connectivity index is 2.40. The largest absolute Gasteiger partial charge is 0.451 e. The molecule has 0 aromatic carbocycles. The molecule has 0 atom stereocenters. The lowest BCUT2D eigenvalue weighted by Gasteiger charge is -2.08. The fourth-order valence-corrected chi connectivity index (χ4v) is 2.83. The van der Waals surface area contributed by atoms with Gasteiger partial charge in [0.25, 0.3) is 5.91 Å². The molecule has 10 heteroatoms. The first-order valence-electron chi connectivity index (χ1n) is 4.64. The fraction of sp³-hybridized carbons (Fsp3) is 0.333. The van der Waals surface area contributed by atoms with Gasteiger partial charge in [-0.2, -0.15) is 13.2 Å². The zero-order valence-corrected chi connectivity index (χ0v) is 13.0. The molecule has 0 radical (unpaired) electrons. The Labute approximate surface area is 126 Å². The number of hydrogen-bond donors (Lipinski definition) is 1. The molecule has 0 saturated carbocycles. The van der Waals surface area contributed by atoms with E-state index in [9.17, 15) is 22.8 Å². The second kappa shape index (κ2) is 6.71. The average molecular weight is 425 g/mol. The fourth-order valence-electron chi connectivity index (χ4n) is 0.899. The molecule has 1 aromatic heterocycles. The number of amides is 1. The molecule has 0 fully saturated rings. The summed E-state index contributed by atoms with van der Waals surface area (Å²) >= 11 is 7.41. The van der Waals surface area contributed by atoms with Crippen LogP contribution in [0.1, 0.15) is 9.67 Å². The van der Waals surface area contributed by atoms with Crippen LogP contribution in [0.4, 0.5) is 13.2 Å². The summed E-state index contributed by atoms with van der Waals surface area (Å²) in [7, 11) is 0. The number of thiophene rings is 1. The SMILES string of the molecule is O=C(COC(=O)c1cc(Br)c(Br)s1)NCC(F)(F)F. The van der Waals surface area contributed by atoms with Crippen molar-refractivity contribution >= 4 is 55.1 Å².